The van der Waals surface area contributed by atoms with Crippen molar-refractivity contribution in [3.05, 3.63) is 156 Å². The normalized spacial score (nSPS) is 15.0. The van der Waals surface area contributed by atoms with Crippen LogP contribution in [0.4, 0.5) is 5.69 Å². The van der Waals surface area contributed by atoms with Crippen molar-refractivity contribution >= 4 is 23.7 Å². The number of aromatic nitrogens is 2. The molecule has 1 aromatic heterocycles. The largest absolute Gasteiger partial charge is 0.493 e. The first-order valence-corrected chi connectivity index (χ1v) is 17.4. The van der Waals surface area contributed by atoms with E-state index >= 15 is 0 Å². The van der Waals surface area contributed by atoms with E-state index in [1.807, 2.05) is 60.7 Å². The summed E-state index contributed by atoms with van der Waals surface area (Å²) in [5, 5.41) is 3.52. The van der Waals surface area contributed by atoms with Gasteiger partial charge in [-0.1, -0.05) is 54.6 Å². The average molecular weight is 683 g/mol. The summed E-state index contributed by atoms with van der Waals surface area (Å²) >= 11 is 0. The summed E-state index contributed by atoms with van der Waals surface area (Å²) in [4.78, 5) is 45.5. The van der Waals surface area contributed by atoms with Crippen molar-refractivity contribution in [2.75, 3.05) is 32.6 Å². The molecule has 0 saturated heterocycles. The minimum absolute atomic E-state index is 0.188. The third-order valence-electron chi connectivity index (χ3n) is 9.67. The number of carbonyl (C=O) groups excluding carboxylic acids is 1. The molecule has 0 radical (unpaired) electrons. The number of nitrogens with zero attached hydrogens (tertiary/aromatic N) is 2. The van der Waals surface area contributed by atoms with Crippen molar-refractivity contribution in [1.82, 2.24) is 14.5 Å². The van der Waals surface area contributed by atoms with Gasteiger partial charge in [0.2, 0.25) is 0 Å². The van der Waals surface area contributed by atoms with Gasteiger partial charge in [-0.3, -0.25) is 19.3 Å². The van der Waals surface area contributed by atoms with Gasteiger partial charge in [0.1, 0.15) is 10.7 Å². The first-order chi connectivity index (χ1) is 24.9. The van der Waals surface area contributed by atoms with E-state index in [4.69, 9.17) is 9.47 Å². The van der Waals surface area contributed by atoms with Crippen LogP contribution in [-0.4, -0.2) is 47.7 Å². The van der Waals surface area contributed by atoms with E-state index in [2.05, 4.69) is 27.3 Å². The Balaban J connectivity index is 1.02. The van der Waals surface area contributed by atoms with Crippen LogP contribution in [-0.2, 0) is 25.9 Å². The summed E-state index contributed by atoms with van der Waals surface area (Å²) in [5.74, 6) is 1.66. The zero-order valence-electron chi connectivity index (χ0n) is 29.0. The van der Waals surface area contributed by atoms with E-state index in [0.717, 1.165) is 62.4 Å². The van der Waals surface area contributed by atoms with Crippen LogP contribution in [0.5, 0.6) is 11.5 Å². The van der Waals surface area contributed by atoms with Gasteiger partial charge >= 0.3 is 0 Å². The molecule has 51 heavy (non-hydrogen) atoms. The maximum atomic E-state index is 13.7. The Bertz CT molecular complexity index is 2290. The topological polar surface area (TPSA) is 106 Å². The molecule has 0 bridgehead atoms. The smallest absolute Gasteiger partial charge is 0.274 e. The second-order valence-corrected chi connectivity index (χ2v) is 13.3. The number of hydrogen-bond acceptors (Lipinski definition) is 6. The second-order valence-electron chi connectivity index (χ2n) is 13.3. The van der Waals surface area contributed by atoms with Gasteiger partial charge in [0.05, 0.1) is 14.2 Å². The van der Waals surface area contributed by atoms with E-state index in [9.17, 15) is 14.4 Å². The maximum absolute atomic E-state index is 13.7. The molecule has 2 heterocycles. The quantitative estimate of drug-likeness (QED) is 0.213. The second kappa shape index (κ2) is 15.1. The Hall–Kier alpha value is -5.67. The molecular formula is C42H42N4O5. The Labute approximate surface area is 296 Å². The molecule has 9 nitrogen and oxygen atoms in total. The summed E-state index contributed by atoms with van der Waals surface area (Å²) in [5.41, 5.74) is 5.82. The number of H-pyrrole nitrogens is 1. The van der Waals surface area contributed by atoms with Gasteiger partial charge in [0, 0.05) is 37.4 Å². The fraction of sp³-hybridized carbons (Fsp3) is 0.262. The average Bonchev–Trinajstić information content (AvgIpc) is 3.99. The highest BCUT2D eigenvalue weighted by atomic mass is 16.5. The van der Waals surface area contributed by atoms with Crippen molar-refractivity contribution in [2.45, 2.75) is 38.8 Å². The van der Waals surface area contributed by atoms with Crippen LogP contribution in [0, 0.1) is 5.92 Å². The van der Waals surface area contributed by atoms with Crippen LogP contribution < -0.4 is 36.6 Å². The molecule has 2 N–H and O–H groups in total. The van der Waals surface area contributed by atoms with Gasteiger partial charge in [-0.2, -0.15) is 0 Å². The number of aromatic amines is 1. The number of fused-ring (bicyclic) bond motifs is 1. The highest BCUT2D eigenvalue weighted by Gasteiger charge is 2.23. The van der Waals surface area contributed by atoms with Crippen molar-refractivity contribution in [3.8, 4) is 11.5 Å². The molecule has 7 rings (SSSR count). The van der Waals surface area contributed by atoms with Crippen LogP contribution in [0.15, 0.2) is 101 Å². The molecule has 2 aliphatic rings. The number of carbonyl (C=O) groups is 1. The summed E-state index contributed by atoms with van der Waals surface area (Å²) in [7, 11) is 3.33. The molecule has 1 saturated carbocycles. The molecule has 0 unspecified atom stereocenters. The Kier molecular flexibility index (Phi) is 9.99. The lowest BCUT2D eigenvalue weighted by atomic mass is 9.98. The number of benzene rings is 4. The van der Waals surface area contributed by atoms with Gasteiger partial charge in [0.15, 0.2) is 11.5 Å². The molecule has 9 heteroatoms. The summed E-state index contributed by atoms with van der Waals surface area (Å²) in [6.07, 6.45) is 7.35. The number of rotatable bonds is 11. The maximum Gasteiger partial charge on any atom is 0.274 e. The fourth-order valence-corrected chi connectivity index (χ4v) is 6.62. The Morgan fingerprint density at radius 3 is 2.31 bits per heavy atom. The summed E-state index contributed by atoms with van der Waals surface area (Å²) < 4.78 is 12.6. The van der Waals surface area contributed by atoms with Crippen molar-refractivity contribution in [2.24, 2.45) is 5.92 Å². The van der Waals surface area contributed by atoms with Crippen LogP contribution in [0.2, 0.25) is 0 Å². The number of ether oxygens (including phenoxy) is 2. The number of anilines is 1. The molecule has 260 valence electrons. The van der Waals surface area contributed by atoms with Crippen LogP contribution in [0.3, 0.4) is 0 Å². The summed E-state index contributed by atoms with van der Waals surface area (Å²) in [6, 6.07) is 28.7. The van der Waals surface area contributed by atoms with E-state index in [0.29, 0.717) is 34.6 Å². The lowest BCUT2D eigenvalue weighted by molar-refractivity contribution is 0.102. The first kappa shape index (κ1) is 33.8. The lowest BCUT2D eigenvalue weighted by Gasteiger charge is -2.29. The molecule has 1 aliphatic heterocycles. The third kappa shape index (κ3) is 8.05. The highest BCUT2D eigenvalue weighted by molar-refractivity contribution is 6.04. The van der Waals surface area contributed by atoms with Crippen LogP contribution in [0.1, 0.15) is 51.0 Å². The number of methoxy groups -OCH3 is 2. The number of amides is 1. The SMILES string of the molecule is COc1cc2c(cc1OC)CN(CCc1ccc(NC(=O)c3cccc(/C=c4\[nH]c(=O)/c(=C/c5ccccc5)n(CC5CC5)c4=O)c3)cc1)CC2. The van der Waals surface area contributed by atoms with E-state index < -0.39 is 0 Å². The minimum atomic E-state index is -0.328. The molecule has 5 aromatic rings. The highest BCUT2D eigenvalue weighted by Crippen LogP contribution is 2.33. The molecule has 1 aliphatic carbocycles. The van der Waals surface area contributed by atoms with Gasteiger partial charge in [0.25, 0.3) is 17.0 Å². The number of nitrogens with one attached hydrogen (secondary N) is 2. The molecule has 0 spiro atoms. The Morgan fingerprint density at radius 1 is 0.863 bits per heavy atom. The van der Waals surface area contributed by atoms with E-state index in [1.54, 1.807) is 49.1 Å². The van der Waals surface area contributed by atoms with Gasteiger partial charge < -0.3 is 24.3 Å². The minimum Gasteiger partial charge on any atom is -0.493 e. The molecule has 1 fully saturated rings. The zero-order chi connectivity index (χ0) is 35.3. The molecule has 4 aromatic carbocycles. The summed E-state index contributed by atoms with van der Waals surface area (Å²) in [6.45, 7) is 3.28. The standard InChI is InChI=1S/C42H42N4O5/c1-50-38-24-32-18-20-45(27-34(32)25-39(38)51-2)19-17-28-13-15-35(16-14-28)43-40(47)33-10-6-9-31(21-33)22-36-42(49)46(26-30-11-12-30)37(41(48)44-36)23-29-7-4-3-5-8-29/h3-10,13-16,21-25,30H,11-12,17-20,26-27H2,1-2H3,(H,43,47)(H,44,48)/b36-22-,37-23-. The van der Waals surface area contributed by atoms with Crippen molar-refractivity contribution in [1.29, 1.82) is 0 Å². The zero-order valence-corrected chi connectivity index (χ0v) is 29.0. The first-order valence-electron chi connectivity index (χ1n) is 17.4. The monoisotopic (exact) mass is 682 g/mol. The van der Waals surface area contributed by atoms with Crippen molar-refractivity contribution < 1.29 is 14.3 Å². The lowest BCUT2D eigenvalue weighted by Crippen LogP contribution is -2.53. The van der Waals surface area contributed by atoms with Crippen LogP contribution in [0.25, 0.3) is 12.2 Å². The van der Waals surface area contributed by atoms with E-state index in [-0.39, 0.29) is 22.4 Å². The van der Waals surface area contributed by atoms with Crippen molar-refractivity contribution in [3.63, 3.8) is 0 Å². The van der Waals surface area contributed by atoms with Crippen LogP contribution >= 0.6 is 0 Å². The van der Waals surface area contributed by atoms with Gasteiger partial charge in [-0.25, -0.2) is 0 Å². The van der Waals surface area contributed by atoms with Gasteiger partial charge in [-0.15, -0.1) is 0 Å². The third-order valence-corrected chi connectivity index (χ3v) is 9.67. The predicted octanol–water partition coefficient (Wildman–Crippen LogP) is 4.47. The number of hydrogen-bond donors (Lipinski definition) is 2. The fourth-order valence-electron chi connectivity index (χ4n) is 6.62. The van der Waals surface area contributed by atoms with Gasteiger partial charge in [-0.05, 0) is 108 Å². The molecular weight excluding hydrogens is 640 g/mol. The molecule has 0 atom stereocenters. The van der Waals surface area contributed by atoms with E-state index in [1.165, 1.54) is 16.7 Å². The molecule has 1 amide bonds. The Morgan fingerprint density at radius 2 is 1.59 bits per heavy atom. The predicted molar refractivity (Wildman–Crippen MR) is 200 cm³/mol.